The van der Waals surface area contributed by atoms with Crippen molar-refractivity contribution in [1.29, 1.82) is 0 Å². The van der Waals surface area contributed by atoms with Crippen molar-refractivity contribution in [2.45, 2.75) is 45.2 Å². The van der Waals surface area contributed by atoms with Crippen LogP contribution in [0.1, 0.15) is 38.4 Å². The highest BCUT2D eigenvalue weighted by Crippen LogP contribution is 2.15. The molecule has 0 saturated carbocycles. The van der Waals surface area contributed by atoms with E-state index in [2.05, 4.69) is 31.6 Å². The number of carbonyl (C=O) groups excluding carboxylic acids is 1. The molecule has 0 spiro atoms. The van der Waals surface area contributed by atoms with Gasteiger partial charge in [-0.1, -0.05) is 12.8 Å². The minimum absolute atomic E-state index is 0.0242. The summed E-state index contributed by atoms with van der Waals surface area (Å²) in [4.78, 5) is 28.1. The van der Waals surface area contributed by atoms with E-state index < -0.39 is 0 Å². The van der Waals surface area contributed by atoms with Gasteiger partial charge in [0.2, 0.25) is 5.91 Å². The Kier molecular flexibility index (Phi) is 6.20. The topological polar surface area (TPSA) is 78.6 Å². The third-order valence-electron chi connectivity index (χ3n) is 5.32. The quantitative estimate of drug-likeness (QED) is 0.875. The predicted molar refractivity (Wildman–Crippen MR) is 97.8 cm³/mol. The van der Waals surface area contributed by atoms with E-state index in [4.69, 9.17) is 5.73 Å². The number of piperazine rings is 1. The van der Waals surface area contributed by atoms with E-state index >= 15 is 0 Å². The van der Waals surface area contributed by atoms with Gasteiger partial charge in [0, 0.05) is 45.5 Å². The smallest absolute Gasteiger partial charge is 0.239 e. The first kappa shape index (κ1) is 18.1. The lowest BCUT2D eigenvalue weighted by Gasteiger charge is -2.38. The Morgan fingerprint density at radius 1 is 1.12 bits per heavy atom. The van der Waals surface area contributed by atoms with Gasteiger partial charge in [0.05, 0.1) is 12.6 Å². The molecule has 0 aliphatic carbocycles. The van der Waals surface area contributed by atoms with E-state index in [0.717, 1.165) is 57.9 Å². The number of anilines is 1. The molecule has 0 radical (unpaired) electrons. The van der Waals surface area contributed by atoms with Gasteiger partial charge in [-0.25, -0.2) is 9.97 Å². The minimum Gasteiger partial charge on any atom is -0.384 e. The number of aromatic nitrogens is 2. The molecule has 2 aliphatic heterocycles. The van der Waals surface area contributed by atoms with Crippen LogP contribution in [-0.4, -0.2) is 75.9 Å². The number of hydrogen-bond donors (Lipinski definition) is 1. The van der Waals surface area contributed by atoms with Crippen molar-refractivity contribution in [2.75, 3.05) is 45.0 Å². The lowest BCUT2D eigenvalue weighted by atomic mass is 10.2. The first-order valence-electron chi connectivity index (χ1n) is 9.46. The number of rotatable bonds is 4. The molecule has 0 aromatic carbocycles. The maximum atomic E-state index is 12.8. The molecule has 2 N–H and O–H groups in total. The van der Waals surface area contributed by atoms with Gasteiger partial charge in [0.25, 0.3) is 0 Å². The van der Waals surface area contributed by atoms with Gasteiger partial charge >= 0.3 is 0 Å². The van der Waals surface area contributed by atoms with Crippen molar-refractivity contribution in [3.05, 3.63) is 18.1 Å². The molecule has 0 bridgehead atoms. The first-order valence-corrected chi connectivity index (χ1v) is 9.46. The fourth-order valence-corrected chi connectivity index (χ4v) is 3.71. The summed E-state index contributed by atoms with van der Waals surface area (Å²) >= 11 is 0. The standard InChI is InChI=1S/C18H30N6O/c1-15(18(25)24-8-4-2-3-5-9-24)23-12-10-22(11-13-23)14-17-20-7-6-16(19)21-17/h6-7,15H,2-5,8-14H2,1H3,(H2,19,20,21)/t15-/m1/s1. The molecule has 25 heavy (non-hydrogen) atoms. The molecule has 1 aromatic rings. The molecular weight excluding hydrogens is 316 g/mol. The number of likely N-dealkylation sites (tertiary alicyclic amines) is 1. The zero-order valence-corrected chi connectivity index (χ0v) is 15.2. The van der Waals surface area contributed by atoms with E-state index in [0.29, 0.717) is 18.3 Å². The molecule has 2 saturated heterocycles. The number of nitrogens with zero attached hydrogens (tertiary/aromatic N) is 5. The van der Waals surface area contributed by atoms with Crippen LogP contribution in [0.3, 0.4) is 0 Å². The van der Waals surface area contributed by atoms with Crippen LogP contribution in [0.15, 0.2) is 12.3 Å². The molecule has 1 amide bonds. The zero-order chi connectivity index (χ0) is 17.6. The van der Waals surface area contributed by atoms with Gasteiger partial charge < -0.3 is 10.6 Å². The number of carbonyl (C=O) groups is 1. The molecule has 2 fully saturated rings. The first-order chi connectivity index (χ1) is 12.1. The van der Waals surface area contributed by atoms with Crippen molar-refractivity contribution < 1.29 is 4.79 Å². The van der Waals surface area contributed by atoms with Crippen molar-refractivity contribution in [3.63, 3.8) is 0 Å². The normalized spacial score (nSPS) is 21.7. The SMILES string of the molecule is C[C@H](C(=O)N1CCCCCC1)N1CCN(Cc2nccc(N)n2)CC1. The van der Waals surface area contributed by atoms with Gasteiger partial charge in [-0.05, 0) is 25.8 Å². The summed E-state index contributed by atoms with van der Waals surface area (Å²) in [6, 6.07) is 1.68. The average molecular weight is 346 g/mol. The highest BCUT2D eigenvalue weighted by atomic mass is 16.2. The van der Waals surface area contributed by atoms with Crippen molar-refractivity contribution >= 4 is 11.7 Å². The summed E-state index contributed by atoms with van der Waals surface area (Å²) < 4.78 is 0. The van der Waals surface area contributed by atoms with Crippen LogP contribution < -0.4 is 5.73 Å². The average Bonchev–Trinajstić information content (AvgIpc) is 2.90. The fraction of sp³-hybridized carbons (Fsp3) is 0.722. The molecular formula is C18H30N6O. The maximum Gasteiger partial charge on any atom is 0.239 e. The summed E-state index contributed by atoms with van der Waals surface area (Å²) in [6.45, 7) is 8.29. The minimum atomic E-state index is -0.0242. The molecule has 1 atom stereocenters. The van der Waals surface area contributed by atoms with E-state index in [1.165, 1.54) is 12.8 Å². The number of hydrogen-bond acceptors (Lipinski definition) is 6. The van der Waals surface area contributed by atoms with E-state index in [9.17, 15) is 4.79 Å². The molecule has 3 heterocycles. The summed E-state index contributed by atoms with van der Waals surface area (Å²) in [5.74, 6) is 1.58. The Labute approximate surface area is 150 Å². The molecule has 7 nitrogen and oxygen atoms in total. The Morgan fingerprint density at radius 3 is 2.44 bits per heavy atom. The lowest BCUT2D eigenvalue weighted by molar-refractivity contribution is -0.137. The second-order valence-corrected chi connectivity index (χ2v) is 7.13. The van der Waals surface area contributed by atoms with Crippen molar-refractivity contribution in [3.8, 4) is 0 Å². The van der Waals surface area contributed by atoms with Crippen LogP contribution in [-0.2, 0) is 11.3 Å². The van der Waals surface area contributed by atoms with Crippen molar-refractivity contribution in [2.24, 2.45) is 0 Å². The Morgan fingerprint density at radius 2 is 1.80 bits per heavy atom. The predicted octanol–water partition coefficient (Wildman–Crippen LogP) is 0.968. The summed E-state index contributed by atoms with van der Waals surface area (Å²) in [5, 5.41) is 0. The van der Waals surface area contributed by atoms with Crippen LogP contribution in [0.4, 0.5) is 5.82 Å². The highest BCUT2D eigenvalue weighted by molar-refractivity contribution is 5.81. The zero-order valence-electron chi connectivity index (χ0n) is 15.2. The van der Waals surface area contributed by atoms with Crippen LogP contribution in [0.25, 0.3) is 0 Å². The van der Waals surface area contributed by atoms with Gasteiger partial charge in [0.1, 0.15) is 11.6 Å². The fourth-order valence-electron chi connectivity index (χ4n) is 3.71. The highest BCUT2D eigenvalue weighted by Gasteiger charge is 2.29. The molecule has 1 aromatic heterocycles. The molecule has 7 heteroatoms. The molecule has 138 valence electrons. The Balaban J connectivity index is 1.48. The third kappa shape index (κ3) is 4.89. The molecule has 0 unspecified atom stereocenters. The number of nitrogen functional groups attached to an aromatic ring is 1. The van der Waals surface area contributed by atoms with E-state index in [1.807, 2.05) is 0 Å². The Hall–Kier alpha value is -1.73. The van der Waals surface area contributed by atoms with Gasteiger partial charge in [-0.15, -0.1) is 0 Å². The number of amides is 1. The number of nitrogens with two attached hydrogens (primary N) is 1. The summed E-state index contributed by atoms with van der Waals surface area (Å²) in [6.07, 6.45) is 6.50. The lowest BCUT2D eigenvalue weighted by Crippen LogP contribution is -2.54. The van der Waals surface area contributed by atoms with E-state index in [-0.39, 0.29) is 6.04 Å². The van der Waals surface area contributed by atoms with Crippen LogP contribution in [0.2, 0.25) is 0 Å². The van der Waals surface area contributed by atoms with Crippen LogP contribution in [0, 0.1) is 0 Å². The van der Waals surface area contributed by atoms with E-state index in [1.54, 1.807) is 12.3 Å². The third-order valence-corrected chi connectivity index (χ3v) is 5.32. The van der Waals surface area contributed by atoms with Gasteiger partial charge in [-0.3, -0.25) is 14.6 Å². The van der Waals surface area contributed by atoms with Crippen LogP contribution in [0.5, 0.6) is 0 Å². The monoisotopic (exact) mass is 346 g/mol. The molecule has 3 rings (SSSR count). The second-order valence-electron chi connectivity index (χ2n) is 7.13. The second kappa shape index (κ2) is 8.58. The summed E-state index contributed by atoms with van der Waals surface area (Å²) in [7, 11) is 0. The van der Waals surface area contributed by atoms with Crippen molar-refractivity contribution in [1.82, 2.24) is 24.7 Å². The molecule has 2 aliphatic rings. The largest absolute Gasteiger partial charge is 0.384 e. The van der Waals surface area contributed by atoms with Gasteiger partial charge in [-0.2, -0.15) is 0 Å². The Bertz CT molecular complexity index is 564. The maximum absolute atomic E-state index is 12.8. The van der Waals surface area contributed by atoms with Gasteiger partial charge in [0.15, 0.2) is 0 Å². The summed E-state index contributed by atoms with van der Waals surface area (Å²) in [5.41, 5.74) is 5.72. The van der Waals surface area contributed by atoms with Crippen LogP contribution >= 0.6 is 0 Å².